The second kappa shape index (κ2) is 8.93. The average Bonchev–Trinajstić information content (AvgIpc) is 2.18. The summed E-state index contributed by atoms with van der Waals surface area (Å²) in [5, 5.41) is 3.64. The van der Waals surface area contributed by atoms with Crippen LogP contribution in [0.4, 0.5) is 0 Å². The van der Waals surface area contributed by atoms with Gasteiger partial charge in [-0.15, -0.1) is 0 Å². The fourth-order valence-electron chi connectivity index (χ4n) is 1.93. The first-order valence-corrected chi connectivity index (χ1v) is 7.22. The first kappa shape index (κ1) is 16.9. The Kier molecular flexibility index (Phi) is 8.89. The molecular formula is C15H33NO. The molecule has 0 aliphatic heterocycles. The lowest BCUT2D eigenvalue weighted by Gasteiger charge is -2.23. The molecule has 2 nitrogen and oxygen atoms in total. The average molecular weight is 243 g/mol. The SMILES string of the molecule is CCCNC(CCCOC(C)(C)C)CC(C)C. The van der Waals surface area contributed by atoms with Crippen molar-refractivity contribution in [2.75, 3.05) is 13.2 Å². The van der Waals surface area contributed by atoms with Gasteiger partial charge in [0.05, 0.1) is 5.60 Å². The molecule has 1 atom stereocenters. The molecule has 0 bridgehead atoms. The Labute approximate surface area is 109 Å². The van der Waals surface area contributed by atoms with Crippen LogP contribution in [0.1, 0.15) is 67.2 Å². The molecule has 0 aliphatic carbocycles. The standard InChI is InChI=1S/C15H33NO/c1-7-10-16-14(12-13(2)3)9-8-11-17-15(4,5)6/h13-14,16H,7-12H2,1-6H3. The predicted molar refractivity (Wildman–Crippen MR) is 76.5 cm³/mol. The van der Waals surface area contributed by atoms with Gasteiger partial charge in [-0.25, -0.2) is 0 Å². The van der Waals surface area contributed by atoms with Crippen LogP contribution in [0.5, 0.6) is 0 Å². The molecule has 0 heterocycles. The van der Waals surface area contributed by atoms with Crippen LogP contribution in [0.15, 0.2) is 0 Å². The third-order valence-corrected chi connectivity index (χ3v) is 2.67. The fourth-order valence-corrected chi connectivity index (χ4v) is 1.93. The summed E-state index contributed by atoms with van der Waals surface area (Å²) in [7, 11) is 0. The number of hydrogen-bond donors (Lipinski definition) is 1. The van der Waals surface area contributed by atoms with Crippen molar-refractivity contribution in [3.63, 3.8) is 0 Å². The lowest BCUT2D eigenvalue weighted by Crippen LogP contribution is -2.31. The second-order valence-corrected chi connectivity index (χ2v) is 6.38. The summed E-state index contributed by atoms with van der Waals surface area (Å²) in [5.74, 6) is 0.771. The van der Waals surface area contributed by atoms with E-state index in [1.54, 1.807) is 0 Å². The van der Waals surface area contributed by atoms with E-state index in [0.717, 1.165) is 25.5 Å². The monoisotopic (exact) mass is 243 g/mol. The minimum absolute atomic E-state index is 0.00436. The van der Waals surface area contributed by atoms with Gasteiger partial charge in [-0.2, -0.15) is 0 Å². The van der Waals surface area contributed by atoms with Gasteiger partial charge in [0.2, 0.25) is 0 Å². The lowest BCUT2D eigenvalue weighted by molar-refractivity contribution is -0.00555. The lowest BCUT2D eigenvalue weighted by atomic mass is 10.00. The van der Waals surface area contributed by atoms with E-state index in [9.17, 15) is 0 Å². The number of ether oxygens (including phenoxy) is 1. The van der Waals surface area contributed by atoms with Crippen molar-refractivity contribution in [2.24, 2.45) is 5.92 Å². The molecule has 0 aliphatic rings. The maximum absolute atomic E-state index is 5.76. The van der Waals surface area contributed by atoms with Crippen molar-refractivity contribution in [2.45, 2.75) is 78.9 Å². The molecule has 0 amide bonds. The highest BCUT2D eigenvalue weighted by molar-refractivity contribution is 4.69. The topological polar surface area (TPSA) is 21.3 Å². The van der Waals surface area contributed by atoms with Crippen LogP contribution in [0.2, 0.25) is 0 Å². The zero-order valence-electron chi connectivity index (χ0n) is 12.8. The van der Waals surface area contributed by atoms with Crippen molar-refractivity contribution < 1.29 is 4.74 Å². The molecule has 0 aromatic carbocycles. The second-order valence-electron chi connectivity index (χ2n) is 6.38. The van der Waals surface area contributed by atoms with Crippen molar-refractivity contribution in [1.82, 2.24) is 5.32 Å². The van der Waals surface area contributed by atoms with Gasteiger partial charge in [0.15, 0.2) is 0 Å². The van der Waals surface area contributed by atoms with Gasteiger partial charge in [0.25, 0.3) is 0 Å². The van der Waals surface area contributed by atoms with Crippen LogP contribution in [0, 0.1) is 5.92 Å². The highest BCUT2D eigenvalue weighted by atomic mass is 16.5. The molecule has 0 aromatic heterocycles. The van der Waals surface area contributed by atoms with E-state index in [2.05, 4.69) is 46.9 Å². The summed E-state index contributed by atoms with van der Waals surface area (Å²) in [6.45, 7) is 15.2. The number of rotatable bonds is 9. The molecule has 0 spiro atoms. The van der Waals surface area contributed by atoms with Crippen LogP contribution in [-0.2, 0) is 4.74 Å². The van der Waals surface area contributed by atoms with Crippen LogP contribution < -0.4 is 5.32 Å². The molecule has 0 saturated carbocycles. The van der Waals surface area contributed by atoms with Crippen LogP contribution in [0.3, 0.4) is 0 Å². The Morgan fingerprint density at radius 2 is 1.82 bits per heavy atom. The molecule has 1 unspecified atom stereocenters. The zero-order valence-corrected chi connectivity index (χ0v) is 12.8. The third kappa shape index (κ3) is 12.2. The Hall–Kier alpha value is -0.0800. The summed E-state index contributed by atoms with van der Waals surface area (Å²) in [5.41, 5.74) is 0.00436. The highest BCUT2D eigenvalue weighted by Crippen LogP contribution is 2.12. The Morgan fingerprint density at radius 3 is 2.29 bits per heavy atom. The molecule has 0 aromatic rings. The van der Waals surface area contributed by atoms with Crippen molar-refractivity contribution in [3.8, 4) is 0 Å². The minimum Gasteiger partial charge on any atom is -0.376 e. The van der Waals surface area contributed by atoms with Gasteiger partial charge in [0, 0.05) is 12.6 Å². The van der Waals surface area contributed by atoms with Crippen LogP contribution in [0.25, 0.3) is 0 Å². The molecule has 0 radical (unpaired) electrons. The van der Waals surface area contributed by atoms with Gasteiger partial charge in [-0.3, -0.25) is 0 Å². The molecule has 104 valence electrons. The fraction of sp³-hybridized carbons (Fsp3) is 1.00. The number of nitrogens with one attached hydrogen (secondary N) is 1. The van der Waals surface area contributed by atoms with Crippen LogP contribution >= 0.6 is 0 Å². The minimum atomic E-state index is 0.00436. The van der Waals surface area contributed by atoms with E-state index < -0.39 is 0 Å². The predicted octanol–water partition coefficient (Wildman–Crippen LogP) is 4.00. The van der Waals surface area contributed by atoms with E-state index in [1.807, 2.05) is 0 Å². The van der Waals surface area contributed by atoms with Crippen LogP contribution in [-0.4, -0.2) is 24.8 Å². The maximum atomic E-state index is 5.76. The van der Waals surface area contributed by atoms with Gasteiger partial charge in [-0.1, -0.05) is 20.8 Å². The van der Waals surface area contributed by atoms with Crippen molar-refractivity contribution in [3.05, 3.63) is 0 Å². The Balaban J connectivity index is 3.75. The largest absolute Gasteiger partial charge is 0.376 e. The third-order valence-electron chi connectivity index (χ3n) is 2.67. The molecule has 1 N–H and O–H groups in total. The normalized spacial score (nSPS) is 14.3. The van der Waals surface area contributed by atoms with Crippen molar-refractivity contribution >= 4 is 0 Å². The van der Waals surface area contributed by atoms with E-state index in [-0.39, 0.29) is 5.60 Å². The highest BCUT2D eigenvalue weighted by Gasteiger charge is 2.12. The van der Waals surface area contributed by atoms with E-state index in [4.69, 9.17) is 4.74 Å². The van der Waals surface area contributed by atoms with E-state index in [1.165, 1.54) is 19.3 Å². The summed E-state index contributed by atoms with van der Waals surface area (Å²) in [4.78, 5) is 0. The summed E-state index contributed by atoms with van der Waals surface area (Å²) in [6, 6.07) is 0.665. The zero-order chi connectivity index (χ0) is 13.3. The molecule has 17 heavy (non-hydrogen) atoms. The van der Waals surface area contributed by atoms with Gasteiger partial charge < -0.3 is 10.1 Å². The quantitative estimate of drug-likeness (QED) is 0.618. The molecule has 0 rings (SSSR count). The smallest absolute Gasteiger partial charge is 0.0598 e. The number of hydrogen-bond acceptors (Lipinski definition) is 2. The van der Waals surface area contributed by atoms with E-state index >= 15 is 0 Å². The van der Waals surface area contributed by atoms with Crippen molar-refractivity contribution in [1.29, 1.82) is 0 Å². The molecule has 0 saturated heterocycles. The molecule has 0 fully saturated rings. The van der Waals surface area contributed by atoms with E-state index in [0.29, 0.717) is 6.04 Å². The summed E-state index contributed by atoms with van der Waals surface area (Å²) in [6.07, 6.45) is 4.88. The summed E-state index contributed by atoms with van der Waals surface area (Å²) >= 11 is 0. The van der Waals surface area contributed by atoms with Gasteiger partial charge in [0.1, 0.15) is 0 Å². The Morgan fingerprint density at radius 1 is 1.18 bits per heavy atom. The Bertz CT molecular complexity index is 172. The first-order chi connectivity index (χ1) is 7.85. The van der Waals surface area contributed by atoms with Gasteiger partial charge >= 0.3 is 0 Å². The van der Waals surface area contributed by atoms with Gasteiger partial charge in [-0.05, 0) is 58.9 Å². The first-order valence-electron chi connectivity index (χ1n) is 7.22. The molecular weight excluding hydrogens is 210 g/mol. The maximum Gasteiger partial charge on any atom is 0.0598 e. The molecule has 2 heteroatoms. The summed E-state index contributed by atoms with van der Waals surface area (Å²) < 4.78 is 5.76.